The molecule has 25 heavy (non-hydrogen) atoms. The molecule has 1 amide bonds. The average Bonchev–Trinajstić information content (AvgIpc) is 3.32. The number of amides is 1. The molecule has 8 heteroatoms. The first-order valence-electron chi connectivity index (χ1n) is 8.21. The molecule has 3 aromatic rings. The number of thiazole rings is 1. The maximum atomic E-state index is 12.3. The van der Waals surface area contributed by atoms with Crippen LogP contribution in [-0.4, -0.2) is 26.4 Å². The fourth-order valence-electron chi connectivity index (χ4n) is 3.10. The third-order valence-corrected chi connectivity index (χ3v) is 6.68. The summed E-state index contributed by atoms with van der Waals surface area (Å²) in [6, 6.07) is 7.93. The number of benzene rings is 1. The smallest absolute Gasteiger partial charge is 0.235 e. The Balaban J connectivity index is 1.38. The predicted octanol–water partition coefficient (Wildman–Crippen LogP) is 4.99. The molecule has 2 aromatic heterocycles. The second kappa shape index (κ2) is 7.35. The van der Waals surface area contributed by atoms with E-state index in [1.165, 1.54) is 24.6 Å². The first kappa shape index (κ1) is 16.9. The van der Waals surface area contributed by atoms with Gasteiger partial charge in [0.15, 0.2) is 4.34 Å². The molecule has 4 rings (SSSR count). The third-order valence-electron chi connectivity index (χ3n) is 4.27. The van der Waals surface area contributed by atoms with Crippen molar-refractivity contribution in [3.8, 4) is 0 Å². The van der Waals surface area contributed by atoms with E-state index < -0.39 is 0 Å². The van der Waals surface area contributed by atoms with Gasteiger partial charge in [-0.2, -0.15) is 5.10 Å². The number of fused-ring (bicyclic) bond motifs is 1. The molecule has 2 heterocycles. The second-order valence-electron chi connectivity index (χ2n) is 6.03. The van der Waals surface area contributed by atoms with Gasteiger partial charge in [-0.25, -0.2) is 9.67 Å². The van der Waals surface area contributed by atoms with Crippen LogP contribution in [0.2, 0.25) is 5.02 Å². The minimum absolute atomic E-state index is 0.0398. The molecule has 1 aliphatic rings. The van der Waals surface area contributed by atoms with Gasteiger partial charge in [-0.1, -0.05) is 36.2 Å². The van der Waals surface area contributed by atoms with E-state index in [2.05, 4.69) is 15.4 Å². The number of carbonyl (C=O) groups excluding carboxylic acids is 1. The van der Waals surface area contributed by atoms with E-state index in [0.29, 0.717) is 16.8 Å². The maximum absolute atomic E-state index is 12.3. The lowest BCUT2D eigenvalue weighted by Gasteiger charge is -2.14. The second-order valence-corrected chi connectivity index (χ2v) is 8.72. The Bertz CT molecular complexity index is 901. The van der Waals surface area contributed by atoms with Crippen LogP contribution in [-0.2, 0) is 4.79 Å². The van der Waals surface area contributed by atoms with Crippen LogP contribution < -0.4 is 5.32 Å². The van der Waals surface area contributed by atoms with Gasteiger partial charge in [0.1, 0.15) is 5.82 Å². The van der Waals surface area contributed by atoms with E-state index in [-0.39, 0.29) is 5.91 Å². The highest BCUT2D eigenvalue weighted by Gasteiger charge is 2.20. The summed E-state index contributed by atoms with van der Waals surface area (Å²) in [5.41, 5.74) is 0.875. The minimum atomic E-state index is -0.0398. The van der Waals surface area contributed by atoms with Crippen LogP contribution in [0.25, 0.3) is 10.2 Å². The fraction of sp³-hybridized carbons (Fsp3) is 0.353. The number of carbonyl (C=O) groups is 1. The van der Waals surface area contributed by atoms with E-state index in [0.717, 1.165) is 33.2 Å². The van der Waals surface area contributed by atoms with Crippen molar-refractivity contribution < 1.29 is 4.79 Å². The van der Waals surface area contributed by atoms with Crippen LogP contribution in [0.3, 0.4) is 0 Å². The number of thioether (sulfide) groups is 1. The van der Waals surface area contributed by atoms with Crippen molar-refractivity contribution in [1.29, 1.82) is 0 Å². The monoisotopic (exact) mass is 392 g/mol. The Morgan fingerprint density at radius 1 is 1.36 bits per heavy atom. The molecule has 1 aliphatic carbocycles. The molecule has 0 aliphatic heterocycles. The van der Waals surface area contributed by atoms with E-state index in [1.807, 2.05) is 28.9 Å². The molecule has 0 saturated heterocycles. The zero-order valence-corrected chi connectivity index (χ0v) is 15.8. The molecule has 1 N–H and O–H groups in total. The lowest BCUT2D eigenvalue weighted by Crippen LogP contribution is -2.19. The van der Waals surface area contributed by atoms with Crippen molar-refractivity contribution in [3.63, 3.8) is 0 Å². The van der Waals surface area contributed by atoms with Crippen LogP contribution in [0.5, 0.6) is 0 Å². The first-order chi connectivity index (χ1) is 12.2. The van der Waals surface area contributed by atoms with E-state index in [4.69, 9.17) is 11.6 Å². The summed E-state index contributed by atoms with van der Waals surface area (Å²) < 4.78 is 3.90. The molecule has 0 spiro atoms. The molecule has 1 aromatic carbocycles. The van der Waals surface area contributed by atoms with Crippen LogP contribution in [0.4, 0.5) is 5.82 Å². The Labute approximate surface area is 158 Å². The van der Waals surface area contributed by atoms with Gasteiger partial charge in [-0.15, -0.1) is 11.3 Å². The number of halogens is 1. The Morgan fingerprint density at radius 2 is 2.20 bits per heavy atom. The zero-order valence-electron chi connectivity index (χ0n) is 13.4. The average molecular weight is 393 g/mol. The highest BCUT2D eigenvalue weighted by molar-refractivity contribution is 8.01. The van der Waals surface area contributed by atoms with Gasteiger partial charge in [0.05, 0.1) is 28.2 Å². The first-order valence-corrected chi connectivity index (χ1v) is 10.4. The highest BCUT2D eigenvalue weighted by Crippen LogP contribution is 2.32. The zero-order chi connectivity index (χ0) is 17.2. The molecule has 130 valence electrons. The number of nitrogens with one attached hydrogen (secondary N) is 1. The van der Waals surface area contributed by atoms with Gasteiger partial charge in [0.2, 0.25) is 5.91 Å². The molecule has 0 radical (unpaired) electrons. The fourth-order valence-corrected chi connectivity index (χ4v) is 5.12. The summed E-state index contributed by atoms with van der Waals surface area (Å²) in [4.78, 5) is 16.8. The lowest BCUT2D eigenvalue weighted by molar-refractivity contribution is -0.113. The maximum Gasteiger partial charge on any atom is 0.235 e. The Morgan fingerprint density at radius 3 is 3.04 bits per heavy atom. The van der Waals surface area contributed by atoms with Gasteiger partial charge in [-0.3, -0.25) is 4.79 Å². The summed E-state index contributed by atoms with van der Waals surface area (Å²) in [5.74, 6) is 1.07. The summed E-state index contributed by atoms with van der Waals surface area (Å²) in [6.07, 6.45) is 6.48. The largest absolute Gasteiger partial charge is 0.310 e. The number of nitrogens with zero attached hydrogens (tertiary/aromatic N) is 3. The summed E-state index contributed by atoms with van der Waals surface area (Å²) in [6.45, 7) is 0. The number of aromatic nitrogens is 3. The van der Waals surface area contributed by atoms with E-state index >= 15 is 0 Å². The number of anilines is 1. The minimum Gasteiger partial charge on any atom is -0.310 e. The molecule has 5 nitrogen and oxygen atoms in total. The SMILES string of the molecule is O=C(CSc1nc2cc(Cl)ccc2s1)Nc1ccnn1C1CCCC1. The summed E-state index contributed by atoms with van der Waals surface area (Å²) >= 11 is 9.01. The van der Waals surface area contributed by atoms with Crippen molar-refractivity contribution in [3.05, 3.63) is 35.5 Å². The van der Waals surface area contributed by atoms with Crippen LogP contribution in [0, 0.1) is 0 Å². The van der Waals surface area contributed by atoms with Gasteiger partial charge >= 0.3 is 0 Å². The van der Waals surface area contributed by atoms with E-state index in [1.54, 1.807) is 17.5 Å². The predicted molar refractivity (Wildman–Crippen MR) is 104 cm³/mol. The van der Waals surface area contributed by atoms with Gasteiger partial charge in [0, 0.05) is 11.1 Å². The molecule has 1 fully saturated rings. The molecular weight excluding hydrogens is 376 g/mol. The van der Waals surface area contributed by atoms with Crippen LogP contribution in [0.15, 0.2) is 34.8 Å². The van der Waals surface area contributed by atoms with Crippen molar-refractivity contribution in [2.24, 2.45) is 0 Å². The van der Waals surface area contributed by atoms with Gasteiger partial charge < -0.3 is 5.32 Å². The highest BCUT2D eigenvalue weighted by atomic mass is 35.5. The molecule has 0 unspecified atom stereocenters. The third kappa shape index (κ3) is 3.83. The van der Waals surface area contributed by atoms with Crippen molar-refractivity contribution in [2.75, 3.05) is 11.1 Å². The molecule has 0 atom stereocenters. The summed E-state index contributed by atoms with van der Waals surface area (Å²) in [5, 5.41) is 8.03. The number of hydrogen-bond acceptors (Lipinski definition) is 5. The quantitative estimate of drug-likeness (QED) is 0.621. The lowest BCUT2D eigenvalue weighted by atomic mass is 10.2. The van der Waals surface area contributed by atoms with Crippen LogP contribution >= 0.6 is 34.7 Å². The van der Waals surface area contributed by atoms with E-state index in [9.17, 15) is 4.79 Å². The summed E-state index contributed by atoms with van der Waals surface area (Å²) in [7, 11) is 0. The van der Waals surface area contributed by atoms with Crippen molar-refractivity contribution >= 4 is 56.6 Å². The van der Waals surface area contributed by atoms with Gasteiger partial charge in [-0.05, 0) is 31.0 Å². The molecule has 1 saturated carbocycles. The van der Waals surface area contributed by atoms with Crippen molar-refractivity contribution in [1.82, 2.24) is 14.8 Å². The molecular formula is C17H17ClN4OS2. The Kier molecular flexibility index (Phi) is 4.96. The normalized spacial score (nSPS) is 15.1. The number of hydrogen-bond donors (Lipinski definition) is 1. The Hall–Kier alpha value is -1.57. The molecule has 0 bridgehead atoms. The van der Waals surface area contributed by atoms with Gasteiger partial charge in [0.25, 0.3) is 0 Å². The topological polar surface area (TPSA) is 59.8 Å². The number of rotatable bonds is 5. The van der Waals surface area contributed by atoms with Crippen LogP contribution in [0.1, 0.15) is 31.7 Å². The standard InChI is InChI=1S/C17H17ClN4OS2/c18-11-5-6-14-13(9-11)20-17(25-14)24-10-16(23)21-15-7-8-19-22(15)12-3-1-2-4-12/h5-9,12H,1-4,10H2,(H,21,23). The van der Waals surface area contributed by atoms with Crippen molar-refractivity contribution in [2.45, 2.75) is 36.1 Å².